The molecule has 1 unspecified atom stereocenters. The van der Waals surface area contributed by atoms with Crippen molar-refractivity contribution in [2.24, 2.45) is 0 Å². The second-order valence-corrected chi connectivity index (χ2v) is 3.93. The number of hydrogen-bond acceptors (Lipinski definition) is 2. The van der Waals surface area contributed by atoms with Crippen LogP contribution in [0.3, 0.4) is 0 Å². The molecule has 2 heterocycles. The Morgan fingerprint density at radius 2 is 2.33 bits per heavy atom. The highest BCUT2D eigenvalue weighted by atomic mass is 16.3. The summed E-state index contributed by atoms with van der Waals surface area (Å²) < 4.78 is 5.38. The molecule has 0 bridgehead atoms. The third kappa shape index (κ3) is 1.69. The number of H-pyrrole nitrogens is 1. The van der Waals surface area contributed by atoms with E-state index in [9.17, 15) is 4.79 Å². The van der Waals surface area contributed by atoms with Crippen molar-refractivity contribution in [2.45, 2.75) is 32.6 Å². The lowest BCUT2D eigenvalue weighted by atomic mass is 9.97. The molecule has 3 nitrogen and oxygen atoms in total. The third-order valence-electron chi connectivity index (χ3n) is 2.78. The molecule has 0 fully saturated rings. The zero-order valence-corrected chi connectivity index (χ0v) is 9.04. The van der Waals surface area contributed by atoms with Crippen LogP contribution in [0.1, 0.15) is 38.2 Å². The molecule has 0 aliphatic rings. The van der Waals surface area contributed by atoms with E-state index >= 15 is 0 Å². The van der Waals surface area contributed by atoms with Crippen molar-refractivity contribution in [1.29, 1.82) is 0 Å². The van der Waals surface area contributed by atoms with Gasteiger partial charge in [0.1, 0.15) is 5.58 Å². The second-order valence-electron chi connectivity index (χ2n) is 3.93. The highest BCUT2D eigenvalue weighted by Crippen LogP contribution is 2.26. The van der Waals surface area contributed by atoms with E-state index in [2.05, 4.69) is 18.8 Å². The van der Waals surface area contributed by atoms with Gasteiger partial charge >= 0.3 is 0 Å². The van der Waals surface area contributed by atoms with Gasteiger partial charge in [-0.3, -0.25) is 4.79 Å². The number of aromatic amines is 1. The fourth-order valence-corrected chi connectivity index (χ4v) is 1.95. The molecule has 2 aromatic rings. The normalized spacial score (nSPS) is 13.2. The fraction of sp³-hybridized carbons (Fsp3) is 0.417. The molecule has 0 saturated carbocycles. The highest BCUT2D eigenvalue weighted by Gasteiger charge is 2.12. The lowest BCUT2D eigenvalue weighted by Gasteiger charge is -2.09. The van der Waals surface area contributed by atoms with Crippen LogP contribution in [0.4, 0.5) is 0 Å². The molecule has 2 aromatic heterocycles. The number of rotatable bonds is 3. The molecular weight excluding hydrogens is 190 g/mol. The van der Waals surface area contributed by atoms with Crippen LogP contribution in [0.2, 0.25) is 0 Å². The molecule has 1 N–H and O–H groups in total. The Hall–Kier alpha value is -1.51. The van der Waals surface area contributed by atoms with Gasteiger partial charge in [-0.15, -0.1) is 0 Å². The molecule has 0 aliphatic heterocycles. The predicted molar refractivity (Wildman–Crippen MR) is 60.2 cm³/mol. The van der Waals surface area contributed by atoms with Crippen molar-refractivity contribution < 1.29 is 4.42 Å². The first-order valence-corrected chi connectivity index (χ1v) is 5.32. The Bertz CT molecular complexity index is 510. The minimum Gasteiger partial charge on any atom is -0.464 e. The van der Waals surface area contributed by atoms with Crippen molar-refractivity contribution in [3.63, 3.8) is 0 Å². The van der Waals surface area contributed by atoms with E-state index in [0.29, 0.717) is 11.3 Å². The van der Waals surface area contributed by atoms with E-state index in [0.717, 1.165) is 24.0 Å². The summed E-state index contributed by atoms with van der Waals surface area (Å²) in [5.41, 5.74) is 1.75. The summed E-state index contributed by atoms with van der Waals surface area (Å²) in [5, 5.41) is 0.649. The number of aromatic nitrogens is 1. The Morgan fingerprint density at radius 1 is 1.53 bits per heavy atom. The lowest BCUT2D eigenvalue weighted by molar-refractivity contribution is 0.593. The lowest BCUT2D eigenvalue weighted by Crippen LogP contribution is -2.07. The van der Waals surface area contributed by atoms with Crippen LogP contribution in [0.25, 0.3) is 11.0 Å². The van der Waals surface area contributed by atoms with Gasteiger partial charge in [0.25, 0.3) is 5.56 Å². The molecule has 0 aliphatic carbocycles. The van der Waals surface area contributed by atoms with Crippen LogP contribution >= 0.6 is 0 Å². The Balaban J connectivity index is 2.57. The summed E-state index contributed by atoms with van der Waals surface area (Å²) in [4.78, 5) is 14.2. The number of hydrogen-bond donors (Lipinski definition) is 1. The van der Waals surface area contributed by atoms with Crippen molar-refractivity contribution in [2.75, 3.05) is 0 Å². The minimum absolute atomic E-state index is 0.0776. The molecule has 80 valence electrons. The molecule has 1 atom stereocenters. The van der Waals surface area contributed by atoms with Gasteiger partial charge < -0.3 is 9.40 Å². The van der Waals surface area contributed by atoms with Gasteiger partial charge in [-0.2, -0.15) is 0 Å². The van der Waals surface area contributed by atoms with Gasteiger partial charge in [0, 0.05) is 11.8 Å². The summed E-state index contributed by atoms with van der Waals surface area (Å²) in [5.74, 6) is 0.417. The molecule has 15 heavy (non-hydrogen) atoms. The molecule has 0 amide bonds. The van der Waals surface area contributed by atoms with Crippen molar-refractivity contribution in [3.8, 4) is 0 Å². The van der Waals surface area contributed by atoms with Gasteiger partial charge in [-0.1, -0.05) is 20.3 Å². The van der Waals surface area contributed by atoms with Gasteiger partial charge in [-0.25, -0.2) is 0 Å². The maximum absolute atomic E-state index is 11.5. The average Bonchev–Trinajstić information content (AvgIpc) is 2.68. The van der Waals surface area contributed by atoms with Gasteiger partial charge in [0.05, 0.1) is 11.6 Å². The molecule has 0 radical (unpaired) electrons. The van der Waals surface area contributed by atoms with E-state index < -0.39 is 0 Å². The molecule has 2 rings (SSSR count). The van der Waals surface area contributed by atoms with Gasteiger partial charge in [0.2, 0.25) is 0 Å². The van der Waals surface area contributed by atoms with Gasteiger partial charge in [-0.05, 0) is 18.4 Å². The van der Waals surface area contributed by atoms with Crippen molar-refractivity contribution in [3.05, 3.63) is 34.4 Å². The average molecular weight is 205 g/mol. The SMILES string of the molecule is CCCC(C)c1c[nH]c(=O)c2ccoc12. The second kappa shape index (κ2) is 3.93. The first-order chi connectivity index (χ1) is 7.24. The summed E-state index contributed by atoms with van der Waals surface area (Å²) in [6.45, 7) is 4.31. The monoisotopic (exact) mass is 205 g/mol. The zero-order valence-electron chi connectivity index (χ0n) is 9.04. The minimum atomic E-state index is -0.0776. The van der Waals surface area contributed by atoms with Crippen LogP contribution in [0, 0.1) is 0 Å². The third-order valence-corrected chi connectivity index (χ3v) is 2.78. The smallest absolute Gasteiger partial charge is 0.259 e. The molecule has 0 aromatic carbocycles. The van der Waals surface area contributed by atoms with E-state index in [4.69, 9.17) is 4.42 Å². The number of nitrogens with one attached hydrogen (secondary N) is 1. The standard InChI is InChI=1S/C12H15NO2/c1-3-4-8(2)10-7-13-12(14)9-5-6-15-11(9)10/h5-8H,3-4H2,1-2H3,(H,13,14). The molecule has 3 heteroatoms. The fourth-order valence-electron chi connectivity index (χ4n) is 1.95. The van der Waals surface area contributed by atoms with Crippen molar-refractivity contribution >= 4 is 11.0 Å². The summed E-state index contributed by atoms with van der Waals surface area (Å²) in [6, 6.07) is 1.72. The van der Waals surface area contributed by atoms with E-state index in [-0.39, 0.29) is 5.56 Å². The zero-order chi connectivity index (χ0) is 10.8. The summed E-state index contributed by atoms with van der Waals surface area (Å²) >= 11 is 0. The van der Waals surface area contributed by atoms with Crippen molar-refractivity contribution in [1.82, 2.24) is 4.98 Å². The van der Waals surface area contributed by atoms with Gasteiger partial charge in [0.15, 0.2) is 0 Å². The maximum atomic E-state index is 11.5. The van der Waals surface area contributed by atoms with Crippen LogP contribution in [-0.4, -0.2) is 4.98 Å². The Labute approximate surface area is 88.1 Å². The first kappa shape index (κ1) is 10.0. The number of furan rings is 1. The molecular formula is C12H15NO2. The highest BCUT2D eigenvalue weighted by molar-refractivity contribution is 5.79. The largest absolute Gasteiger partial charge is 0.464 e. The number of pyridine rings is 1. The maximum Gasteiger partial charge on any atom is 0.259 e. The predicted octanol–water partition coefficient (Wildman–Crippen LogP) is 3.02. The van der Waals surface area contributed by atoms with E-state index in [1.54, 1.807) is 18.5 Å². The van der Waals surface area contributed by atoms with Crippen LogP contribution in [-0.2, 0) is 0 Å². The summed E-state index contributed by atoms with van der Waals surface area (Å²) in [6.07, 6.45) is 5.57. The Kier molecular flexibility index (Phi) is 2.62. The topological polar surface area (TPSA) is 46.0 Å². The van der Waals surface area contributed by atoms with Crippen LogP contribution < -0.4 is 5.56 Å². The summed E-state index contributed by atoms with van der Waals surface area (Å²) in [7, 11) is 0. The quantitative estimate of drug-likeness (QED) is 0.837. The van der Waals surface area contributed by atoms with Crippen LogP contribution in [0.5, 0.6) is 0 Å². The van der Waals surface area contributed by atoms with Crippen LogP contribution in [0.15, 0.2) is 27.7 Å². The Morgan fingerprint density at radius 3 is 3.07 bits per heavy atom. The first-order valence-electron chi connectivity index (χ1n) is 5.32. The van der Waals surface area contributed by atoms with E-state index in [1.165, 1.54) is 0 Å². The molecule has 0 spiro atoms. The number of fused-ring (bicyclic) bond motifs is 1. The van der Waals surface area contributed by atoms with E-state index in [1.807, 2.05) is 0 Å². The molecule has 0 saturated heterocycles.